The monoisotopic (exact) mass is 398 g/mol. The summed E-state index contributed by atoms with van der Waals surface area (Å²) >= 11 is 0. The van der Waals surface area contributed by atoms with Crippen molar-refractivity contribution in [1.82, 2.24) is 14.9 Å². The van der Waals surface area contributed by atoms with Crippen LogP contribution in [0.25, 0.3) is 10.9 Å². The maximum Gasteiger partial charge on any atom is 0.573 e. The minimum atomic E-state index is -4.80. The molecule has 2 aromatic rings. The number of benzene rings is 1. The number of rotatable bonds is 4. The van der Waals surface area contributed by atoms with Crippen molar-refractivity contribution in [2.24, 2.45) is 5.41 Å². The number of alkyl halides is 4. The molecule has 1 saturated carbocycles. The van der Waals surface area contributed by atoms with E-state index in [-0.39, 0.29) is 23.4 Å². The molecule has 1 spiro atoms. The van der Waals surface area contributed by atoms with Gasteiger partial charge in [-0.25, -0.2) is 14.4 Å². The van der Waals surface area contributed by atoms with Crippen LogP contribution in [0.2, 0.25) is 0 Å². The van der Waals surface area contributed by atoms with Gasteiger partial charge in [0, 0.05) is 23.4 Å². The number of hydrogen-bond donors (Lipinski definition) is 1. The summed E-state index contributed by atoms with van der Waals surface area (Å²) in [6.45, 7) is 2.15. The van der Waals surface area contributed by atoms with E-state index in [0.717, 1.165) is 25.0 Å². The van der Waals surface area contributed by atoms with Gasteiger partial charge < -0.3 is 15.0 Å². The number of fused-ring (bicyclic) bond motifs is 1. The molecule has 2 heterocycles. The SMILES string of the molecule is C[C@@H](Nc1ncnc2cc(OC(F)(F)F)ccc12)C(=O)N1C[C@H](F)C2(CC2)C1. The molecule has 1 amide bonds. The number of ether oxygens (including phenoxy) is 1. The lowest BCUT2D eigenvalue weighted by Gasteiger charge is -2.22. The van der Waals surface area contributed by atoms with Gasteiger partial charge in [-0.15, -0.1) is 13.2 Å². The molecule has 4 rings (SSSR count). The standard InChI is InChI=1S/C18H18F4N4O2/c1-10(16(27)26-7-14(19)17(8-26)4-5-17)25-15-12-3-2-11(28-18(20,21)22)6-13(12)23-9-24-15/h2-3,6,9-10,14H,4-5,7-8H2,1H3,(H,23,24,25)/t10-,14+/m1/s1. The number of nitrogens with one attached hydrogen (secondary N) is 1. The van der Waals surface area contributed by atoms with Crippen molar-refractivity contribution in [2.75, 3.05) is 18.4 Å². The smallest absolute Gasteiger partial charge is 0.406 e. The fraction of sp³-hybridized carbons (Fsp3) is 0.500. The minimum Gasteiger partial charge on any atom is -0.406 e. The maximum atomic E-state index is 14.1. The van der Waals surface area contributed by atoms with Crippen LogP contribution in [0, 0.1) is 5.41 Å². The molecule has 1 aromatic heterocycles. The summed E-state index contributed by atoms with van der Waals surface area (Å²) in [7, 11) is 0. The first kappa shape index (κ1) is 18.7. The second-order valence-corrected chi connectivity index (χ2v) is 7.36. The van der Waals surface area contributed by atoms with Crippen LogP contribution in [0.1, 0.15) is 19.8 Å². The van der Waals surface area contributed by atoms with Gasteiger partial charge in [-0.2, -0.15) is 0 Å². The Balaban J connectivity index is 1.50. The number of aromatic nitrogens is 2. The molecule has 150 valence electrons. The average molecular weight is 398 g/mol. The highest BCUT2D eigenvalue weighted by atomic mass is 19.4. The van der Waals surface area contributed by atoms with Gasteiger partial charge in [0.15, 0.2) is 0 Å². The molecular weight excluding hydrogens is 380 g/mol. The first-order valence-electron chi connectivity index (χ1n) is 8.87. The van der Waals surface area contributed by atoms with Crippen LogP contribution in [-0.4, -0.2) is 52.4 Å². The molecule has 2 fully saturated rings. The second kappa shape index (κ2) is 6.46. The quantitative estimate of drug-likeness (QED) is 0.801. The number of carbonyl (C=O) groups excluding carboxylic acids is 1. The molecule has 28 heavy (non-hydrogen) atoms. The van der Waals surface area contributed by atoms with Crippen LogP contribution in [0.4, 0.5) is 23.4 Å². The van der Waals surface area contributed by atoms with Crippen molar-refractivity contribution in [2.45, 2.75) is 38.3 Å². The normalized spacial score (nSPS) is 21.8. The van der Waals surface area contributed by atoms with Crippen molar-refractivity contribution < 1.29 is 27.1 Å². The maximum absolute atomic E-state index is 14.1. The number of carbonyl (C=O) groups is 1. The van der Waals surface area contributed by atoms with Crippen LogP contribution < -0.4 is 10.1 Å². The Kier molecular flexibility index (Phi) is 4.31. The van der Waals surface area contributed by atoms with Crippen molar-refractivity contribution in [3.63, 3.8) is 0 Å². The summed E-state index contributed by atoms with van der Waals surface area (Å²) in [6.07, 6.45) is -3.00. The van der Waals surface area contributed by atoms with Crippen LogP contribution >= 0.6 is 0 Å². The van der Waals surface area contributed by atoms with E-state index >= 15 is 0 Å². The molecule has 1 aromatic carbocycles. The van der Waals surface area contributed by atoms with E-state index in [9.17, 15) is 22.4 Å². The van der Waals surface area contributed by atoms with E-state index in [1.165, 1.54) is 17.3 Å². The van der Waals surface area contributed by atoms with Crippen LogP contribution in [0.3, 0.4) is 0 Å². The van der Waals surface area contributed by atoms with Crippen LogP contribution in [-0.2, 0) is 4.79 Å². The molecule has 0 bridgehead atoms. The second-order valence-electron chi connectivity index (χ2n) is 7.36. The third kappa shape index (κ3) is 3.55. The third-order valence-electron chi connectivity index (χ3n) is 5.32. The molecule has 2 atom stereocenters. The number of hydrogen-bond acceptors (Lipinski definition) is 5. The Hall–Kier alpha value is -2.65. The molecule has 6 nitrogen and oxygen atoms in total. The summed E-state index contributed by atoms with van der Waals surface area (Å²) in [5, 5.41) is 3.41. The predicted octanol–water partition coefficient (Wildman–Crippen LogP) is 3.29. The van der Waals surface area contributed by atoms with Gasteiger partial charge in [0.05, 0.1) is 12.1 Å². The summed E-state index contributed by atoms with van der Waals surface area (Å²) in [6, 6.07) is 3.02. The zero-order valence-corrected chi connectivity index (χ0v) is 15.0. The van der Waals surface area contributed by atoms with Crippen molar-refractivity contribution >= 4 is 22.6 Å². The lowest BCUT2D eigenvalue weighted by molar-refractivity contribution is -0.274. The molecule has 1 aliphatic heterocycles. The van der Waals surface area contributed by atoms with E-state index in [0.29, 0.717) is 17.7 Å². The fourth-order valence-electron chi connectivity index (χ4n) is 3.62. The van der Waals surface area contributed by atoms with E-state index in [2.05, 4.69) is 20.0 Å². The highest BCUT2D eigenvalue weighted by Crippen LogP contribution is 2.54. The van der Waals surface area contributed by atoms with Gasteiger partial charge in [-0.3, -0.25) is 4.79 Å². The third-order valence-corrected chi connectivity index (χ3v) is 5.32. The zero-order chi connectivity index (χ0) is 20.1. The first-order valence-corrected chi connectivity index (χ1v) is 8.87. The van der Waals surface area contributed by atoms with Crippen molar-refractivity contribution in [3.8, 4) is 5.75 Å². The van der Waals surface area contributed by atoms with Gasteiger partial charge >= 0.3 is 6.36 Å². The first-order chi connectivity index (χ1) is 13.2. The van der Waals surface area contributed by atoms with Gasteiger partial charge in [0.2, 0.25) is 5.91 Å². The van der Waals surface area contributed by atoms with Gasteiger partial charge in [0.1, 0.15) is 30.1 Å². The highest BCUT2D eigenvalue weighted by Gasteiger charge is 2.56. The largest absolute Gasteiger partial charge is 0.573 e. The molecule has 2 aliphatic rings. The molecule has 0 unspecified atom stereocenters. The number of likely N-dealkylation sites (tertiary alicyclic amines) is 1. The number of nitrogens with zero attached hydrogens (tertiary/aromatic N) is 3. The Labute approximate surface area is 157 Å². The molecule has 1 saturated heterocycles. The molecule has 0 radical (unpaired) electrons. The molecule has 1 aliphatic carbocycles. The Morgan fingerprint density at radius 1 is 1.36 bits per heavy atom. The number of amides is 1. The molecule has 10 heteroatoms. The Morgan fingerprint density at radius 3 is 2.75 bits per heavy atom. The van der Waals surface area contributed by atoms with Crippen molar-refractivity contribution in [1.29, 1.82) is 0 Å². The van der Waals surface area contributed by atoms with Gasteiger partial charge in [-0.1, -0.05) is 0 Å². The topological polar surface area (TPSA) is 67.4 Å². The van der Waals surface area contributed by atoms with Crippen molar-refractivity contribution in [3.05, 3.63) is 24.5 Å². The Morgan fingerprint density at radius 2 is 2.11 bits per heavy atom. The predicted molar refractivity (Wildman–Crippen MR) is 92.4 cm³/mol. The molecular formula is C18H18F4N4O2. The van der Waals surface area contributed by atoms with E-state index in [1.807, 2.05) is 0 Å². The summed E-state index contributed by atoms with van der Waals surface area (Å²) in [4.78, 5) is 22.2. The van der Waals surface area contributed by atoms with Gasteiger partial charge in [0.25, 0.3) is 0 Å². The molecule has 1 N–H and O–H groups in total. The van der Waals surface area contributed by atoms with Crippen LogP contribution in [0.5, 0.6) is 5.75 Å². The summed E-state index contributed by atoms with van der Waals surface area (Å²) in [5.41, 5.74) is -0.118. The van der Waals surface area contributed by atoms with E-state index in [1.54, 1.807) is 6.92 Å². The highest BCUT2D eigenvalue weighted by molar-refractivity contribution is 5.92. The average Bonchev–Trinajstić information content (AvgIpc) is 3.32. The summed E-state index contributed by atoms with van der Waals surface area (Å²) in [5.74, 6) is -0.327. The number of halogens is 4. The minimum absolute atomic E-state index is 0.0908. The van der Waals surface area contributed by atoms with E-state index < -0.39 is 24.3 Å². The van der Waals surface area contributed by atoms with E-state index in [4.69, 9.17) is 0 Å². The number of anilines is 1. The van der Waals surface area contributed by atoms with Gasteiger partial charge in [-0.05, 0) is 31.9 Å². The fourth-order valence-corrected chi connectivity index (χ4v) is 3.62. The Bertz CT molecular complexity index is 916. The lowest BCUT2D eigenvalue weighted by atomic mass is 10.1. The summed E-state index contributed by atoms with van der Waals surface area (Å²) < 4.78 is 55.1. The lowest BCUT2D eigenvalue weighted by Crippen LogP contribution is -2.40. The zero-order valence-electron chi connectivity index (χ0n) is 15.0. The van der Waals surface area contributed by atoms with Crippen LogP contribution in [0.15, 0.2) is 24.5 Å².